The number of esters is 1. The summed E-state index contributed by atoms with van der Waals surface area (Å²) in [5.41, 5.74) is 3.91. The Balaban J connectivity index is 1.33. The Bertz CT molecular complexity index is 1480. The lowest BCUT2D eigenvalue weighted by Gasteiger charge is -2.18. The van der Waals surface area contributed by atoms with E-state index in [9.17, 15) is 14.7 Å². The molecule has 1 saturated heterocycles. The average Bonchev–Trinajstić information content (AvgIpc) is 3.68. The van der Waals surface area contributed by atoms with Crippen molar-refractivity contribution >= 4 is 12.1 Å². The van der Waals surface area contributed by atoms with Gasteiger partial charge < -0.3 is 23.9 Å². The molecule has 2 aromatic heterocycles. The molecule has 1 fully saturated rings. The van der Waals surface area contributed by atoms with E-state index in [4.69, 9.17) is 14.2 Å². The van der Waals surface area contributed by atoms with Gasteiger partial charge in [0.1, 0.15) is 18.5 Å². The van der Waals surface area contributed by atoms with E-state index < -0.39 is 30.4 Å². The van der Waals surface area contributed by atoms with E-state index in [-0.39, 0.29) is 18.8 Å². The van der Waals surface area contributed by atoms with Gasteiger partial charge >= 0.3 is 12.1 Å². The maximum atomic E-state index is 13.2. The Labute approximate surface area is 230 Å². The summed E-state index contributed by atoms with van der Waals surface area (Å²) in [7, 11) is 0. The molecule has 12 heteroatoms. The number of cyclic esters (lactones) is 2. The van der Waals surface area contributed by atoms with E-state index in [2.05, 4.69) is 25.6 Å². The minimum Gasteiger partial charge on any atom is -0.456 e. The number of benzene rings is 2. The van der Waals surface area contributed by atoms with Crippen molar-refractivity contribution in [3.8, 4) is 22.5 Å². The molecule has 2 aromatic carbocycles. The molecule has 0 spiro atoms. The molecule has 0 aliphatic carbocycles. The predicted molar refractivity (Wildman–Crippen MR) is 142 cm³/mol. The number of hydrogen-bond acceptors (Lipinski definition) is 10. The van der Waals surface area contributed by atoms with Crippen LogP contribution >= 0.6 is 0 Å². The summed E-state index contributed by atoms with van der Waals surface area (Å²) in [6, 6.07) is 15.4. The highest BCUT2D eigenvalue weighted by Gasteiger charge is 2.36. The molecule has 5 rings (SSSR count). The Kier molecular flexibility index (Phi) is 7.87. The number of aromatic nitrogens is 6. The van der Waals surface area contributed by atoms with E-state index in [1.165, 1.54) is 0 Å². The summed E-state index contributed by atoms with van der Waals surface area (Å²) in [4.78, 5) is 29.3. The highest BCUT2D eigenvalue weighted by molar-refractivity contribution is 5.89. The number of aromatic amines is 1. The van der Waals surface area contributed by atoms with Crippen molar-refractivity contribution < 1.29 is 28.9 Å². The number of ether oxygens (including phenoxy) is 3. The van der Waals surface area contributed by atoms with Gasteiger partial charge in [0.2, 0.25) is 0 Å². The van der Waals surface area contributed by atoms with E-state index in [0.29, 0.717) is 23.8 Å². The highest BCUT2D eigenvalue weighted by atomic mass is 16.8. The van der Waals surface area contributed by atoms with Gasteiger partial charge in [0.15, 0.2) is 17.6 Å². The number of nitrogens with zero attached hydrogens (tertiary/aromatic N) is 5. The molecule has 208 valence electrons. The molecule has 1 aliphatic heterocycles. The molecule has 0 radical (unpaired) electrons. The van der Waals surface area contributed by atoms with Crippen LogP contribution in [0.25, 0.3) is 22.5 Å². The largest absolute Gasteiger partial charge is 0.509 e. The Morgan fingerprint density at radius 2 is 1.90 bits per heavy atom. The summed E-state index contributed by atoms with van der Waals surface area (Å²) >= 11 is 0. The zero-order valence-corrected chi connectivity index (χ0v) is 22.4. The molecule has 1 aliphatic rings. The fourth-order valence-corrected chi connectivity index (χ4v) is 4.76. The van der Waals surface area contributed by atoms with Gasteiger partial charge in [0.25, 0.3) is 0 Å². The number of H-pyrrole nitrogens is 1. The monoisotopic (exact) mass is 546 g/mol. The SMILES string of the molecule is CCCc1nc(C(=O)OCc2ccc(-c3ccccc3-c3nnn[nH]3)cc2)c(C(C)O)n1CC1OC(=O)OC1C. The van der Waals surface area contributed by atoms with Gasteiger partial charge in [-0.25, -0.2) is 19.7 Å². The third-order valence-corrected chi connectivity index (χ3v) is 6.73. The van der Waals surface area contributed by atoms with Crippen LogP contribution in [0.15, 0.2) is 48.5 Å². The number of imidazole rings is 1. The fourth-order valence-electron chi connectivity index (χ4n) is 4.76. The second-order valence-corrected chi connectivity index (χ2v) is 9.60. The van der Waals surface area contributed by atoms with Crippen molar-refractivity contribution in [1.29, 1.82) is 0 Å². The first-order valence-electron chi connectivity index (χ1n) is 13.1. The molecule has 40 heavy (non-hydrogen) atoms. The molecule has 2 N–H and O–H groups in total. The summed E-state index contributed by atoms with van der Waals surface area (Å²) in [6.07, 6.45) is -1.45. The predicted octanol–water partition coefficient (Wildman–Crippen LogP) is 4.02. The normalized spacial score (nSPS) is 17.4. The van der Waals surface area contributed by atoms with Gasteiger partial charge in [0, 0.05) is 12.0 Å². The van der Waals surface area contributed by atoms with Crippen LogP contribution in [0.4, 0.5) is 4.79 Å². The zero-order valence-electron chi connectivity index (χ0n) is 22.4. The summed E-state index contributed by atoms with van der Waals surface area (Å²) < 4.78 is 17.7. The molecular formula is C28H30N6O6. The maximum absolute atomic E-state index is 13.2. The Hall–Kier alpha value is -4.58. The molecule has 4 aromatic rings. The van der Waals surface area contributed by atoms with Gasteiger partial charge in [-0.15, -0.1) is 5.10 Å². The van der Waals surface area contributed by atoms with Crippen molar-refractivity contribution in [1.82, 2.24) is 30.2 Å². The second-order valence-electron chi connectivity index (χ2n) is 9.60. The summed E-state index contributed by atoms with van der Waals surface area (Å²) in [6.45, 7) is 5.51. The van der Waals surface area contributed by atoms with Crippen LogP contribution in [0.2, 0.25) is 0 Å². The Morgan fingerprint density at radius 3 is 2.52 bits per heavy atom. The zero-order chi connectivity index (χ0) is 28.2. The van der Waals surface area contributed by atoms with E-state index in [0.717, 1.165) is 28.7 Å². The van der Waals surface area contributed by atoms with E-state index in [1.807, 2.05) is 55.5 Å². The smallest absolute Gasteiger partial charge is 0.456 e. The number of aliphatic hydroxyl groups is 1. The minimum atomic E-state index is -1.01. The van der Waals surface area contributed by atoms with Crippen molar-refractivity contribution in [2.75, 3.05) is 0 Å². The molecule has 3 atom stereocenters. The van der Waals surface area contributed by atoms with Crippen LogP contribution < -0.4 is 0 Å². The number of rotatable bonds is 10. The lowest BCUT2D eigenvalue weighted by Crippen LogP contribution is -2.27. The molecule has 0 amide bonds. The first kappa shape index (κ1) is 27.0. The first-order valence-corrected chi connectivity index (χ1v) is 13.1. The van der Waals surface area contributed by atoms with Crippen molar-refractivity contribution in [2.24, 2.45) is 0 Å². The minimum absolute atomic E-state index is 0.0209. The van der Waals surface area contributed by atoms with Gasteiger partial charge in [0.05, 0.1) is 18.3 Å². The van der Waals surface area contributed by atoms with E-state index in [1.54, 1.807) is 18.4 Å². The maximum Gasteiger partial charge on any atom is 0.509 e. The number of aryl methyl sites for hydroxylation is 1. The van der Waals surface area contributed by atoms with Crippen LogP contribution in [0.1, 0.15) is 60.9 Å². The van der Waals surface area contributed by atoms with Gasteiger partial charge in [-0.3, -0.25) is 0 Å². The van der Waals surface area contributed by atoms with Crippen molar-refractivity contribution in [3.05, 3.63) is 71.3 Å². The van der Waals surface area contributed by atoms with Crippen LogP contribution in [-0.4, -0.2) is 59.6 Å². The quantitative estimate of drug-likeness (QED) is 0.279. The van der Waals surface area contributed by atoms with Crippen LogP contribution in [-0.2, 0) is 33.8 Å². The van der Waals surface area contributed by atoms with Gasteiger partial charge in [-0.1, -0.05) is 55.5 Å². The number of hydrogen-bond donors (Lipinski definition) is 2. The second kappa shape index (κ2) is 11.7. The topological polar surface area (TPSA) is 154 Å². The molecule has 0 saturated carbocycles. The summed E-state index contributed by atoms with van der Waals surface area (Å²) in [5.74, 6) is 0.523. The molecule has 3 unspecified atom stereocenters. The lowest BCUT2D eigenvalue weighted by atomic mass is 9.98. The average molecular weight is 547 g/mol. The summed E-state index contributed by atoms with van der Waals surface area (Å²) in [5, 5.41) is 24.7. The van der Waals surface area contributed by atoms with Gasteiger partial charge in [-0.05, 0) is 47.4 Å². The van der Waals surface area contributed by atoms with Crippen LogP contribution in [0, 0.1) is 0 Å². The third kappa shape index (κ3) is 5.57. The number of carbonyl (C=O) groups is 2. The van der Waals surface area contributed by atoms with Crippen LogP contribution in [0.3, 0.4) is 0 Å². The van der Waals surface area contributed by atoms with Gasteiger partial charge in [-0.2, -0.15) is 0 Å². The lowest BCUT2D eigenvalue weighted by molar-refractivity contribution is 0.0457. The Morgan fingerprint density at radius 1 is 1.15 bits per heavy atom. The highest BCUT2D eigenvalue weighted by Crippen LogP contribution is 2.30. The third-order valence-electron chi connectivity index (χ3n) is 6.73. The van der Waals surface area contributed by atoms with Crippen LogP contribution in [0.5, 0.6) is 0 Å². The first-order chi connectivity index (χ1) is 19.4. The molecule has 3 heterocycles. The number of tetrazole rings is 1. The van der Waals surface area contributed by atoms with Crippen molar-refractivity contribution in [2.45, 2.75) is 65.1 Å². The number of aliphatic hydroxyl groups excluding tert-OH is 1. The van der Waals surface area contributed by atoms with E-state index >= 15 is 0 Å². The van der Waals surface area contributed by atoms with Crippen molar-refractivity contribution in [3.63, 3.8) is 0 Å². The molecule has 0 bridgehead atoms. The molecule has 12 nitrogen and oxygen atoms in total. The number of carbonyl (C=O) groups excluding carboxylic acids is 2. The fraction of sp³-hybridized carbons (Fsp3) is 0.357. The number of nitrogens with one attached hydrogen (secondary N) is 1. The molecular weight excluding hydrogens is 516 g/mol. The standard InChI is InChI=1S/C28H30N6O6/c1-4-7-23-29-24(25(16(2)35)34(23)14-22-17(3)39-28(37)40-22)27(36)38-15-18-10-12-19(13-11-18)20-8-5-6-9-21(20)26-30-32-33-31-26/h5-6,8-13,16-17,22,35H,4,7,14-15H2,1-3H3,(H,30,31,32,33).